The van der Waals surface area contributed by atoms with Gasteiger partial charge in [0.2, 0.25) is 5.89 Å². The van der Waals surface area contributed by atoms with Crippen LogP contribution in [0, 0.1) is 0 Å². The first-order valence-electron chi connectivity index (χ1n) is 9.48. The van der Waals surface area contributed by atoms with E-state index < -0.39 is 0 Å². The molecule has 0 spiro atoms. The number of carbonyl (C=O) groups excluding carboxylic acids is 1. The van der Waals surface area contributed by atoms with Crippen molar-refractivity contribution in [2.24, 2.45) is 0 Å². The number of nitrogens with zero attached hydrogens (tertiary/aromatic N) is 3. The van der Waals surface area contributed by atoms with Gasteiger partial charge in [0.05, 0.1) is 11.8 Å². The number of piperazine rings is 1. The number of carbonyl (C=O) groups is 1. The van der Waals surface area contributed by atoms with Crippen molar-refractivity contribution in [3.8, 4) is 22.8 Å². The number of halogens is 1. The molecule has 28 heavy (non-hydrogen) atoms. The molecule has 2 aromatic carbocycles. The van der Waals surface area contributed by atoms with Crippen LogP contribution in [0.2, 0.25) is 0 Å². The molecule has 1 aromatic heterocycles. The van der Waals surface area contributed by atoms with Crippen molar-refractivity contribution in [3.63, 3.8) is 0 Å². The Hall–Kier alpha value is -2.44. The molecule has 0 unspecified atom stereocenters. The minimum absolute atomic E-state index is 0.0357. The number of benzene rings is 2. The van der Waals surface area contributed by atoms with Crippen LogP contribution in [0.3, 0.4) is 0 Å². The van der Waals surface area contributed by atoms with E-state index in [1.165, 1.54) is 0 Å². The maximum Gasteiger partial charge on any atom is 0.254 e. The predicted molar refractivity (Wildman–Crippen MR) is 113 cm³/mol. The van der Waals surface area contributed by atoms with Gasteiger partial charge in [0, 0.05) is 41.8 Å². The van der Waals surface area contributed by atoms with Crippen molar-refractivity contribution in [1.29, 1.82) is 0 Å². The third-order valence-electron chi connectivity index (χ3n) is 5.11. The Labute approximate surface area is 173 Å². The molecule has 1 saturated heterocycles. The average molecular weight is 440 g/mol. The van der Waals surface area contributed by atoms with Gasteiger partial charge < -0.3 is 14.2 Å². The largest absolute Gasteiger partial charge is 0.436 e. The summed E-state index contributed by atoms with van der Waals surface area (Å²) in [5.74, 6) is 1.18. The van der Waals surface area contributed by atoms with Gasteiger partial charge >= 0.3 is 0 Å². The van der Waals surface area contributed by atoms with Crippen molar-refractivity contribution in [3.05, 3.63) is 64.8 Å². The molecule has 6 heteroatoms. The quantitative estimate of drug-likeness (QED) is 0.598. The summed E-state index contributed by atoms with van der Waals surface area (Å²) in [5, 5.41) is 0. The van der Waals surface area contributed by atoms with Crippen LogP contribution in [0.15, 0.2) is 63.6 Å². The van der Waals surface area contributed by atoms with Crippen LogP contribution in [0.5, 0.6) is 0 Å². The van der Waals surface area contributed by atoms with Crippen LogP contribution >= 0.6 is 15.9 Å². The SMILES string of the molecule is CCN1CCN(C(=O)c2ccccc2-c2ncc(-c3cccc(Br)c3)o2)CC1. The van der Waals surface area contributed by atoms with Gasteiger partial charge in [-0.1, -0.05) is 47.1 Å². The fraction of sp³-hybridized carbons (Fsp3) is 0.273. The van der Waals surface area contributed by atoms with E-state index in [9.17, 15) is 4.79 Å². The molecule has 0 radical (unpaired) electrons. The normalized spacial score (nSPS) is 15.0. The number of hydrogen-bond donors (Lipinski definition) is 0. The summed E-state index contributed by atoms with van der Waals surface area (Å²) in [6, 6.07) is 15.4. The zero-order valence-corrected chi connectivity index (χ0v) is 17.4. The van der Waals surface area contributed by atoms with E-state index in [2.05, 4.69) is 32.7 Å². The van der Waals surface area contributed by atoms with Crippen molar-refractivity contribution in [1.82, 2.24) is 14.8 Å². The molecule has 4 rings (SSSR count). The molecule has 144 valence electrons. The maximum absolute atomic E-state index is 13.1. The molecular formula is C22H22BrN3O2. The van der Waals surface area contributed by atoms with Gasteiger partial charge in [-0.2, -0.15) is 0 Å². The van der Waals surface area contributed by atoms with Crippen LogP contribution in [0.1, 0.15) is 17.3 Å². The molecule has 0 aliphatic carbocycles. The number of hydrogen-bond acceptors (Lipinski definition) is 4. The standard InChI is InChI=1S/C22H22BrN3O2/c1-2-25-10-12-26(13-11-25)22(27)19-9-4-3-8-18(19)21-24-15-20(28-21)16-6-5-7-17(23)14-16/h3-9,14-15H,2,10-13H2,1H3. The summed E-state index contributed by atoms with van der Waals surface area (Å²) in [7, 11) is 0. The van der Waals surface area contributed by atoms with Gasteiger partial charge in [0.15, 0.2) is 5.76 Å². The van der Waals surface area contributed by atoms with Crippen LogP contribution in [-0.4, -0.2) is 53.4 Å². The minimum atomic E-state index is 0.0357. The van der Waals surface area contributed by atoms with E-state index in [4.69, 9.17) is 4.42 Å². The van der Waals surface area contributed by atoms with Gasteiger partial charge in [-0.15, -0.1) is 0 Å². The molecular weight excluding hydrogens is 418 g/mol. The second-order valence-corrected chi connectivity index (χ2v) is 7.73. The highest BCUT2D eigenvalue weighted by Gasteiger charge is 2.24. The Balaban J connectivity index is 1.61. The predicted octanol–water partition coefficient (Wildman–Crippen LogP) is 4.55. The zero-order chi connectivity index (χ0) is 19.5. The molecule has 0 bridgehead atoms. The highest BCUT2D eigenvalue weighted by atomic mass is 79.9. The monoisotopic (exact) mass is 439 g/mol. The Morgan fingerprint density at radius 1 is 1.11 bits per heavy atom. The van der Waals surface area contributed by atoms with Crippen molar-refractivity contribution < 1.29 is 9.21 Å². The van der Waals surface area contributed by atoms with E-state index in [1.807, 2.05) is 53.4 Å². The van der Waals surface area contributed by atoms with E-state index in [1.54, 1.807) is 6.20 Å². The van der Waals surface area contributed by atoms with Crippen molar-refractivity contribution >= 4 is 21.8 Å². The summed E-state index contributed by atoms with van der Waals surface area (Å²) >= 11 is 3.48. The molecule has 1 fully saturated rings. The molecule has 1 aliphatic heterocycles. The maximum atomic E-state index is 13.1. The molecule has 0 saturated carbocycles. The van der Waals surface area contributed by atoms with E-state index in [-0.39, 0.29) is 5.91 Å². The fourth-order valence-electron chi connectivity index (χ4n) is 3.47. The highest BCUT2D eigenvalue weighted by Crippen LogP contribution is 2.30. The lowest BCUT2D eigenvalue weighted by Gasteiger charge is -2.34. The van der Waals surface area contributed by atoms with Gasteiger partial charge in [-0.05, 0) is 30.8 Å². The summed E-state index contributed by atoms with van der Waals surface area (Å²) in [6.45, 7) is 6.49. The lowest BCUT2D eigenvalue weighted by atomic mass is 10.1. The number of aromatic nitrogens is 1. The lowest BCUT2D eigenvalue weighted by Crippen LogP contribution is -2.48. The fourth-order valence-corrected chi connectivity index (χ4v) is 3.87. The first kappa shape index (κ1) is 18.9. The lowest BCUT2D eigenvalue weighted by molar-refractivity contribution is 0.0644. The average Bonchev–Trinajstić information content (AvgIpc) is 3.23. The van der Waals surface area contributed by atoms with Crippen LogP contribution in [0.25, 0.3) is 22.8 Å². The third kappa shape index (κ3) is 3.88. The summed E-state index contributed by atoms with van der Waals surface area (Å²) in [6.07, 6.45) is 1.71. The molecule has 1 amide bonds. The second-order valence-electron chi connectivity index (χ2n) is 6.81. The van der Waals surface area contributed by atoms with Gasteiger partial charge in [0.1, 0.15) is 0 Å². The molecule has 3 aromatic rings. The van der Waals surface area contributed by atoms with Gasteiger partial charge in [-0.3, -0.25) is 4.79 Å². The second kappa shape index (κ2) is 8.29. The van der Waals surface area contributed by atoms with E-state index in [0.29, 0.717) is 17.2 Å². The molecule has 5 nitrogen and oxygen atoms in total. The number of oxazole rings is 1. The summed E-state index contributed by atoms with van der Waals surface area (Å²) < 4.78 is 6.99. The smallest absolute Gasteiger partial charge is 0.254 e. The third-order valence-corrected chi connectivity index (χ3v) is 5.60. The first-order chi connectivity index (χ1) is 13.7. The van der Waals surface area contributed by atoms with Crippen LogP contribution < -0.4 is 0 Å². The Morgan fingerprint density at radius 3 is 2.64 bits per heavy atom. The van der Waals surface area contributed by atoms with Gasteiger partial charge in [-0.25, -0.2) is 4.98 Å². The van der Waals surface area contributed by atoms with Crippen molar-refractivity contribution in [2.45, 2.75) is 6.92 Å². The molecule has 0 atom stereocenters. The molecule has 1 aliphatic rings. The van der Waals surface area contributed by atoms with Gasteiger partial charge in [0.25, 0.3) is 5.91 Å². The number of rotatable bonds is 4. The summed E-state index contributed by atoms with van der Waals surface area (Å²) in [5.41, 5.74) is 2.30. The molecule has 2 heterocycles. The summed E-state index contributed by atoms with van der Waals surface area (Å²) in [4.78, 5) is 21.9. The number of amides is 1. The Bertz CT molecular complexity index is 977. The highest BCUT2D eigenvalue weighted by molar-refractivity contribution is 9.10. The van der Waals surface area contributed by atoms with E-state index in [0.717, 1.165) is 48.3 Å². The van der Waals surface area contributed by atoms with Crippen molar-refractivity contribution in [2.75, 3.05) is 32.7 Å². The van der Waals surface area contributed by atoms with Crippen LogP contribution in [0.4, 0.5) is 0 Å². The number of likely N-dealkylation sites (N-methyl/N-ethyl adjacent to an activating group) is 1. The topological polar surface area (TPSA) is 49.6 Å². The Kier molecular flexibility index (Phi) is 5.59. The zero-order valence-electron chi connectivity index (χ0n) is 15.8. The first-order valence-corrected chi connectivity index (χ1v) is 10.3. The molecule has 0 N–H and O–H groups in total. The van der Waals surface area contributed by atoms with E-state index >= 15 is 0 Å². The Morgan fingerprint density at radius 2 is 1.89 bits per heavy atom. The minimum Gasteiger partial charge on any atom is -0.436 e. The van der Waals surface area contributed by atoms with Crippen LogP contribution in [-0.2, 0) is 0 Å².